The van der Waals surface area contributed by atoms with Crippen molar-refractivity contribution in [1.29, 1.82) is 0 Å². The normalized spacial score (nSPS) is 56.2. The molecule has 0 aromatic carbocycles. The molecular weight excluding hydrogens is 260 g/mol. The third kappa shape index (κ3) is 1.78. The Morgan fingerprint density at radius 3 is 2.71 bits per heavy atom. The Morgan fingerprint density at radius 1 is 1.10 bits per heavy atom. The van der Waals surface area contributed by atoms with E-state index in [4.69, 9.17) is 0 Å². The molecule has 3 fully saturated rings. The molecule has 21 heavy (non-hydrogen) atoms. The molecule has 0 bridgehead atoms. The second-order valence-corrected chi connectivity index (χ2v) is 8.75. The van der Waals surface area contributed by atoms with Crippen LogP contribution < -0.4 is 0 Å². The van der Waals surface area contributed by atoms with E-state index in [9.17, 15) is 10.2 Å². The summed E-state index contributed by atoms with van der Waals surface area (Å²) in [6.45, 7) is 4.75. The first-order valence-corrected chi connectivity index (χ1v) is 9.02. The average Bonchev–Trinajstić information content (AvgIpc) is 2.70. The zero-order valence-corrected chi connectivity index (χ0v) is 13.5. The zero-order valence-electron chi connectivity index (χ0n) is 13.5. The molecule has 0 heterocycles. The minimum Gasteiger partial charge on any atom is -0.390 e. The molecule has 4 aliphatic rings. The SMILES string of the molecule is C[C@]12CC[C@H]3[C@@H](CCC4=CCCC[C@@]43C)[C@@H]1C[C@@H](O)[C@@H]2O. The number of hydrogen-bond donors (Lipinski definition) is 2. The first-order chi connectivity index (χ1) is 9.97. The highest BCUT2D eigenvalue weighted by Crippen LogP contribution is 2.65. The number of hydrogen-bond acceptors (Lipinski definition) is 2. The largest absolute Gasteiger partial charge is 0.390 e. The van der Waals surface area contributed by atoms with Crippen molar-refractivity contribution in [2.75, 3.05) is 0 Å². The van der Waals surface area contributed by atoms with E-state index in [0.717, 1.165) is 24.7 Å². The van der Waals surface area contributed by atoms with Gasteiger partial charge in [-0.05, 0) is 80.0 Å². The second-order valence-electron chi connectivity index (χ2n) is 8.75. The number of rotatable bonds is 0. The van der Waals surface area contributed by atoms with E-state index in [1.54, 1.807) is 5.57 Å². The number of fused-ring (bicyclic) bond motifs is 5. The summed E-state index contributed by atoms with van der Waals surface area (Å²) in [5.41, 5.74) is 2.12. The van der Waals surface area contributed by atoms with E-state index in [0.29, 0.717) is 11.3 Å². The number of aliphatic hydroxyl groups excluding tert-OH is 2. The molecule has 0 aromatic heterocycles. The van der Waals surface area contributed by atoms with Crippen molar-refractivity contribution >= 4 is 0 Å². The van der Waals surface area contributed by atoms with Gasteiger partial charge in [0.1, 0.15) is 0 Å². The Hall–Kier alpha value is -0.340. The van der Waals surface area contributed by atoms with Gasteiger partial charge in [-0.15, -0.1) is 0 Å². The van der Waals surface area contributed by atoms with Gasteiger partial charge in [-0.1, -0.05) is 25.5 Å². The van der Waals surface area contributed by atoms with Gasteiger partial charge in [-0.3, -0.25) is 0 Å². The van der Waals surface area contributed by atoms with Crippen LogP contribution in [0.4, 0.5) is 0 Å². The fourth-order valence-electron chi connectivity index (χ4n) is 6.74. The van der Waals surface area contributed by atoms with Crippen molar-refractivity contribution < 1.29 is 10.2 Å². The van der Waals surface area contributed by atoms with Crippen LogP contribution in [0.5, 0.6) is 0 Å². The first-order valence-electron chi connectivity index (χ1n) is 9.02. The fourth-order valence-corrected chi connectivity index (χ4v) is 6.74. The molecule has 4 rings (SSSR count). The highest BCUT2D eigenvalue weighted by atomic mass is 16.3. The van der Waals surface area contributed by atoms with Gasteiger partial charge in [-0.2, -0.15) is 0 Å². The molecule has 0 spiro atoms. The summed E-state index contributed by atoms with van der Waals surface area (Å²) in [7, 11) is 0. The van der Waals surface area contributed by atoms with Crippen molar-refractivity contribution in [2.45, 2.75) is 77.4 Å². The van der Waals surface area contributed by atoms with Gasteiger partial charge in [0.2, 0.25) is 0 Å². The van der Waals surface area contributed by atoms with Crippen LogP contribution in [0, 0.1) is 28.6 Å². The predicted octanol–water partition coefficient (Wildman–Crippen LogP) is 3.67. The second kappa shape index (κ2) is 4.58. The monoisotopic (exact) mass is 290 g/mol. The number of aliphatic hydroxyl groups is 2. The minimum absolute atomic E-state index is 0.0349. The third-order valence-electron chi connectivity index (χ3n) is 8.00. The average molecular weight is 290 g/mol. The van der Waals surface area contributed by atoms with Crippen LogP contribution in [0.3, 0.4) is 0 Å². The van der Waals surface area contributed by atoms with E-state index in [2.05, 4.69) is 19.9 Å². The Balaban J connectivity index is 1.69. The van der Waals surface area contributed by atoms with Crippen molar-refractivity contribution in [3.8, 4) is 0 Å². The Morgan fingerprint density at radius 2 is 1.90 bits per heavy atom. The number of allylic oxidation sites excluding steroid dienone is 2. The van der Waals surface area contributed by atoms with Gasteiger partial charge in [0.25, 0.3) is 0 Å². The van der Waals surface area contributed by atoms with E-state index >= 15 is 0 Å². The molecule has 7 atom stereocenters. The van der Waals surface area contributed by atoms with Crippen molar-refractivity contribution in [3.63, 3.8) is 0 Å². The summed E-state index contributed by atoms with van der Waals surface area (Å²) in [5, 5.41) is 20.7. The summed E-state index contributed by atoms with van der Waals surface area (Å²) in [4.78, 5) is 0. The van der Waals surface area contributed by atoms with Gasteiger partial charge < -0.3 is 10.2 Å². The van der Waals surface area contributed by atoms with Gasteiger partial charge in [0, 0.05) is 0 Å². The predicted molar refractivity (Wildman–Crippen MR) is 83.7 cm³/mol. The lowest BCUT2D eigenvalue weighted by Gasteiger charge is -2.57. The van der Waals surface area contributed by atoms with Crippen molar-refractivity contribution in [3.05, 3.63) is 11.6 Å². The molecule has 0 saturated heterocycles. The minimum atomic E-state index is -0.500. The molecule has 2 N–H and O–H groups in total. The van der Waals surface area contributed by atoms with Gasteiger partial charge in [0.15, 0.2) is 0 Å². The highest BCUT2D eigenvalue weighted by molar-refractivity contribution is 5.24. The maximum Gasteiger partial charge on any atom is 0.0855 e. The maximum atomic E-state index is 10.5. The van der Waals surface area contributed by atoms with E-state index in [1.807, 2.05) is 0 Å². The third-order valence-corrected chi connectivity index (χ3v) is 8.00. The Labute approximate surface area is 128 Å². The molecule has 3 saturated carbocycles. The Bertz CT molecular complexity index is 470. The summed E-state index contributed by atoms with van der Waals surface area (Å²) >= 11 is 0. The van der Waals surface area contributed by atoms with Crippen molar-refractivity contribution in [1.82, 2.24) is 0 Å². The Kier molecular flexibility index (Phi) is 3.11. The van der Waals surface area contributed by atoms with Gasteiger partial charge in [0.05, 0.1) is 12.2 Å². The van der Waals surface area contributed by atoms with Crippen LogP contribution in [0.25, 0.3) is 0 Å². The zero-order chi connectivity index (χ0) is 14.8. The lowest BCUT2D eigenvalue weighted by atomic mass is 9.47. The molecule has 2 heteroatoms. The molecule has 0 radical (unpaired) electrons. The quantitative estimate of drug-likeness (QED) is 0.668. The summed E-state index contributed by atoms with van der Waals surface area (Å²) < 4.78 is 0. The molecular formula is C19H30O2. The summed E-state index contributed by atoms with van der Waals surface area (Å²) in [6, 6.07) is 0. The van der Waals surface area contributed by atoms with Crippen LogP contribution in [0.15, 0.2) is 11.6 Å². The molecule has 0 unspecified atom stereocenters. The van der Waals surface area contributed by atoms with E-state index in [-0.39, 0.29) is 5.41 Å². The maximum absolute atomic E-state index is 10.5. The standard InChI is InChI=1S/C19H30O2/c1-18-9-4-3-5-12(18)6-7-13-14(18)8-10-19(2)15(13)11-16(20)17(19)21/h5,13-17,20-21H,3-4,6-11H2,1-2H3/t13-,14+,15+,16-,17+,18+,19+/m1/s1. The van der Waals surface area contributed by atoms with Crippen LogP contribution in [0.1, 0.15) is 65.2 Å². The molecule has 2 nitrogen and oxygen atoms in total. The smallest absolute Gasteiger partial charge is 0.0855 e. The summed E-state index contributed by atoms with van der Waals surface area (Å²) in [6.07, 6.45) is 11.2. The van der Waals surface area contributed by atoms with Crippen molar-refractivity contribution in [2.24, 2.45) is 28.6 Å². The topological polar surface area (TPSA) is 40.5 Å². The molecule has 0 aliphatic heterocycles. The van der Waals surface area contributed by atoms with Gasteiger partial charge >= 0.3 is 0 Å². The molecule has 118 valence electrons. The lowest BCUT2D eigenvalue weighted by Crippen LogP contribution is -2.51. The molecule has 0 amide bonds. The summed E-state index contributed by atoms with van der Waals surface area (Å²) in [5.74, 6) is 2.03. The first kappa shape index (κ1) is 14.3. The van der Waals surface area contributed by atoms with Gasteiger partial charge in [-0.25, -0.2) is 0 Å². The van der Waals surface area contributed by atoms with Crippen LogP contribution in [-0.2, 0) is 0 Å². The van der Waals surface area contributed by atoms with E-state index < -0.39 is 12.2 Å². The highest BCUT2D eigenvalue weighted by Gasteiger charge is 2.60. The van der Waals surface area contributed by atoms with Crippen LogP contribution in [0.2, 0.25) is 0 Å². The lowest BCUT2D eigenvalue weighted by molar-refractivity contribution is -0.0838. The fraction of sp³-hybridized carbons (Fsp3) is 0.895. The molecule has 4 aliphatic carbocycles. The van der Waals surface area contributed by atoms with Crippen LogP contribution >= 0.6 is 0 Å². The van der Waals surface area contributed by atoms with Crippen LogP contribution in [-0.4, -0.2) is 22.4 Å². The molecule has 0 aromatic rings. The van der Waals surface area contributed by atoms with E-state index in [1.165, 1.54) is 38.5 Å².